The molecule has 6 aromatic rings. The Morgan fingerprint density at radius 1 is 0.968 bits per heavy atom. The Bertz CT molecular complexity index is 1570. The minimum Gasteiger partial charge on any atom is -0.337 e. The van der Waals surface area contributed by atoms with Gasteiger partial charge in [0.15, 0.2) is 11.5 Å². The molecular formula is C24H18N6S. The van der Waals surface area contributed by atoms with Crippen LogP contribution in [0.4, 0.5) is 0 Å². The zero-order valence-electron chi connectivity index (χ0n) is 17.0. The lowest BCUT2D eigenvalue weighted by molar-refractivity contribution is 1.09. The average molecular weight is 423 g/mol. The molecule has 0 radical (unpaired) electrons. The van der Waals surface area contributed by atoms with E-state index in [0.717, 1.165) is 50.2 Å². The lowest BCUT2D eigenvalue weighted by Gasteiger charge is -2.04. The fraction of sp³-hybridized carbons (Fsp3) is 0.0833. The first-order valence-electron chi connectivity index (χ1n) is 9.98. The molecule has 0 aliphatic rings. The molecular weight excluding hydrogens is 404 g/mol. The number of rotatable bonds is 3. The number of imidazole rings is 1. The van der Waals surface area contributed by atoms with Crippen molar-refractivity contribution in [2.45, 2.75) is 13.8 Å². The van der Waals surface area contributed by atoms with E-state index in [-0.39, 0.29) is 0 Å². The van der Waals surface area contributed by atoms with Crippen molar-refractivity contribution in [3.05, 3.63) is 71.5 Å². The van der Waals surface area contributed by atoms with Crippen LogP contribution in [0.1, 0.15) is 10.4 Å². The quantitative estimate of drug-likeness (QED) is 0.371. The van der Waals surface area contributed by atoms with Crippen LogP contribution < -0.4 is 0 Å². The number of benzene rings is 1. The van der Waals surface area contributed by atoms with E-state index in [1.807, 2.05) is 18.5 Å². The van der Waals surface area contributed by atoms with Gasteiger partial charge in [-0.05, 0) is 49.7 Å². The van der Waals surface area contributed by atoms with E-state index in [1.165, 1.54) is 9.75 Å². The highest BCUT2D eigenvalue weighted by atomic mass is 32.1. The molecule has 0 unspecified atom stereocenters. The van der Waals surface area contributed by atoms with Crippen molar-refractivity contribution in [1.29, 1.82) is 0 Å². The number of hydrogen-bond donors (Lipinski definition) is 2. The number of nitrogens with one attached hydrogen (secondary N) is 2. The molecule has 0 saturated heterocycles. The zero-order valence-corrected chi connectivity index (χ0v) is 17.8. The molecule has 0 aliphatic heterocycles. The molecule has 0 bridgehead atoms. The number of nitrogens with zero attached hydrogens (tertiary/aromatic N) is 4. The van der Waals surface area contributed by atoms with Gasteiger partial charge in [-0.2, -0.15) is 5.10 Å². The Hall–Kier alpha value is -3.84. The third kappa shape index (κ3) is 2.93. The smallest absolute Gasteiger partial charge is 0.181 e. The van der Waals surface area contributed by atoms with Gasteiger partial charge in [0.1, 0.15) is 5.69 Å². The van der Waals surface area contributed by atoms with E-state index in [1.54, 1.807) is 17.5 Å². The lowest BCUT2D eigenvalue weighted by Crippen LogP contribution is -1.87. The van der Waals surface area contributed by atoms with E-state index in [2.05, 4.69) is 75.4 Å². The number of hydrogen-bond acceptors (Lipinski definition) is 5. The van der Waals surface area contributed by atoms with Crippen molar-refractivity contribution < 1.29 is 0 Å². The molecule has 6 nitrogen and oxygen atoms in total. The van der Waals surface area contributed by atoms with E-state index in [4.69, 9.17) is 4.98 Å². The molecule has 0 aliphatic carbocycles. The summed E-state index contributed by atoms with van der Waals surface area (Å²) in [5.74, 6) is 0.750. The minimum absolute atomic E-state index is 0.662. The molecule has 1 aromatic carbocycles. The number of fused-ring (bicyclic) bond motifs is 2. The number of thiophene rings is 1. The second kappa shape index (κ2) is 6.85. The number of aromatic nitrogens is 6. The molecule has 0 fully saturated rings. The zero-order chi connectivity index (χ0) is 20.9. The monoisotopic (exact) mass is 422 g/mol. The summed E-state index contributed by atoms with van der Waals surface area (Å²) in [6.45, 7) is 4.19. The Morgan fingerprint density at radius 3 is 2.74 bits per heavy atom. The Balaban J connectivity index is 1.52. The standard InChI is InChI=1S/C24H18N6S/c1-13-8-9-25-12-18(13)15-10-17-22(29-30-23(17)26-11-15)24-27-19-5-3-4-16(21(19)28-24)20-7-6-14(2)31-20/h3-12H,1-2H3,(H,27,28)(H,26,29,30). The molecule has 31 heavy (non-hydrogen) atoms. The van der Waals surface area contributed by atoms with Crippen molar-refractivity contribution in [3.63, 3.8) is 0 Å². The van der Waals surface area contributed by atoms with Crippen molar-refractivity contribution in [2.24, 2.45) is 0 Å². The summed E-state index contributed by atoms with van der Waals surface area (Å²) in [5, 5.41) is 8.45. The number of aromatic amines is 2. The van der Waals surface area contributed by atoms with Crippen LogP contribution in [0.3, 0.4) is 0 Å². The summed E-state index contributed by atoms with van der Waals surface area (Å²) in [5.41, 5.74) is 7.79. The average Bonchev–Trinajstić information content (AvgIpc) is 3.50. The van der Waals surface area contributed by atoms with Gasteiger partial charge in [-0.15, -0.1) is 11.3 Å². The number of pyridine rings is 2. The molecule has 6 rings (SSSR count). The van der Waals surface area contributed by atoms with Crippen LogP contribution in [0.25, 0.3) is 55.2 Å². The maximum absolute atomic E-state index is 4.95. The van der Waals surface area contributed by atoms with Crippen LogP contribution >= 0.6 is 11.3 Å². The van der Waals surface area contributed by atoms with Crippen molar-refractivity contribution in [1.82, 2.24) is 30.1 Å². The van der Waals surface area contributed by atoms with Crippen LogP contribution in [-0.4, -0.2) is 30.1 Å². The summed E-state index contributed by atoms with van der Waals surface area (Å²) in [6, 6.07) is 14.6. The van der Waals surface area contributed by atoms with E-state index in [0.29, 0.717) is 5.65 Å². The van der Waals surface area contributed by atoms with Crippen molar-refractivity contribution in [2.75, 3.05) is 0 Å². The molecule has 2 N–H and O–H groups in total. The first kappa shape index (κ1) is 18.0. The highest BCUT2D eigenvalue weighted by molar-refractivity contribution is 7.15. The van der Waals surface area contributed by atoms with Gasteiger partial charge in [-0.3, -0.25) is 10.1 Å². The molecule has 0 amide bonds. The number of aryl methyl sites for hydroxylation is 2. The molecule has 5 heterocycles. The lowest BCUT2D eigenvalue weighted by atomic mass is 10.0. The first-order valence-corrected chi connectivity index (χ1v) is 10.8. The van der Waals surface area contributed by atoms with Gasteiger partial charge in [0.2, 0.25) is 0 Å². The van der Waals surface area contributed by atoms with Gasteiger partial charge in [-0.25, -0.2) is 9.97 Å². The van der Waals surface area contributed by atoms with Gasteiger partial charge in [-0.1, -0.05) is 12.1 Å². The van der Waals surface area contributed by atoms with Gasteiger partial charge < -0.3 is 4.98 Å². The first-order chi connectivity index (χ1) is 15.2. The third-order valence-corrected chi connectivity index (χ3v) is 6.55. The van der Waals surface area contributed by atoms with Gasteiger partial charge in [0, 0.05) is 45.0 Å². The van der Waals surface area contributed by atoms with E-state index in [9.17, 15) is 0 Å². The molecule has 7 heteroatoms. The van der Waals surface area contributed by atoms with Crippen LogP contribution in [0.2, 0.25) is 0 Å². The Kier molecular flexibility index (Phi) is 3.97. The molecule has 0 saturated carbocycles. The summed E-state index contributed by atoms with van der Waals surface area (Å²) in [6.07, 6.45) is 5.51. The summed E-state index contributed by atoms with van der Waals surface area (Å²) < 4.78 is 0. The number of H-pyrrole nitrogens is 2. The van der Waals surface area contributed by atoms with Crippen molar-refractivity contribution >= 4 is 33.4 Å². The fourth-order valence-corrected chi connectivity index (χ4v) is 4.82. The maximum atomic E-state index is 4.95. The fourth-order valence-electron chi connectivity index (χ4n) is 3.92. The van der Waals surface area contributed by atoms with Gasteiger partial charge >= 0.3 is 0 Å². The van der Waals surface area contributed by atoms with Gasteiger partial charge in [0.05, 0.1) is 16.4 Å². The normalized spacial score (nSPS) is 11.5. The van der Waals surface area contributed by atoms with Crippen LogP contribution in [0.15, 0.2) is 61.1 Å². The van der Waals surface area contributed by atoms with Crippen LogP contribution in [0.5, 0.6) is 0 Å². The topological polar surface area (TPSA) is 83.1 Å². The third-order valence-electron chi connectivity index (χ3n) is 5.52. The summed E-state index contributed by atoms with van der Waals surface area (Å²) in [4.78, 5) is 19.7. The second-order valence-electron chi connectivity index (χ2n) is 7.58. The Labute approximate surface area is 182 Å². The minimum atomic E-state index is 0.662. The van der Waals surface area contributed by atoms with E-state index >= 15 is 0 Å². The van der Waals surface area contributed by atoms with Crippen molar-refractivity contribution in [3.8, 4) is 33.1 Å². The summed E-state index contributed by atoms with van der Waals surface area (Å²) >= 11 is 1.78. The number of para-hydroxylation sites is 1. The van der Waals surface area contributed by atoms with Crippen LogP contribution in [-0.2, 0) is 0 Å². The highest BCUT2D eigenvalue weighted by Crippen LogP contribution is 2.35. The Morgan fingerprint density at radius 2 is 1.90 bits per heavy atom. The SMILES string of the molecule is Cc1ccc(-c2cccc3[nH]c(-c4[nH]nc5ncc(-c6cnccc6C)cc45)nc23)s1. The van der Waals surface area contributed by atoms with E-state index < -0.39 is 0 Å². The molecule has 0 atom stereocenters. The second-order valence-corrected chi connectivity index (χ2v) is 8.87. The largest absolute Gasteiger partial charge is 0.337 e. The highest BCUT2D eigenvalue weighted by Gasteiger charge is 2.16. The summed E-state index contributed by atoms with van der Waals surface area (Å²) in [7, 11) is 0. The molecule has 150 valence electrons. The van der Waals surface area contributed by atoms with Gasteiger partial charge in [0.25, 0.3) is 0 Å². The maximum Gasteiger partial charge on any atom is 0.181 e. The van der Waals surface area contributed by atoms with Crippen LogP contribution in [0, 0.1) is 13.8 Å². The molecule has 0 spiro atoms. The predicted octanol–water partition coefficient (Wildman–Crippen LogP) is 5.91. The molecule has 5 aromatic heterocycles. The predicted molar refractivity (Wildman–Crippen MR) is 125 cm³/mol.